The maximum Gasteiger partial charge on any atom is 0.263 e. The van der Waals surface area contributed by atoms with Crippen LogP contribution in [0, 0.1) is 5.41 Å². The molecule has 1 saturated heterocycles. The van der Waals surface area contributed by atoms with E-state index < -0.39 is 0 Å². The molecule has 1 aliphatic heterocycles. The van der Waals surface area contributed by atoms with Crippen LogP contribution in [0.25, 0.3) is 10.1 Å². The van der Waals surface area contributed by atoms with Crippen LogP contribution in [0.15, 0.2) is 30.3 Å². The Balaban J connectivity index is 0.00000161. The molecule has 1 atom stereocenters. The second kappa shape index (κ2) is 5.95. The van der Waals surface area contributed by atoms with Gasteiger partial charge in [0, 0.05) is 23.8 Å². The summed E-state index contributed by atoms with van der Waals surface area (Å²) < 4.78 is 1.17. The molecule has 5 heteroatoms. The number of fused-ring (bicyclic) bond motifs is 1. The Morgan fingerprint density at radius 2 is 2.10 bits per heavy atom. The van der Waals surface area contributed by atoms with E-state index in [9.17, 15) is 4.79 Å². The molecule has 1 unspecified atom stereocenters. The van der Waals surface area contributed by atoms with Gasteiger partial charge in [0.1, 0.15) is 0 Å². The molecule has 1 amide bonds. The van der Waals surface area contributed by atoms with Crippen molar-refractivity contribution in [3.8, 4) is 0 Å². The van der Waals surface area contributed by atoms with Gasteiger partial charge in [-0.2, -0.15) is 0 Å². The number of thiophene rings is 1. The van der Waals surface area contributed by atoms with E-state index in [1.165, 1.54) is 4.70 Å². The molecule has 1 aromatic heterocycles. The SMILES string of the molecule is CC1(C)CN(C(=O)c2cc3ccccc3s2)CCC1N.Cl. The lowest BCUT2D eigenvalue weighted by atomic mass is 9.79. The van der Waals surface area contributed by atoms with Crippen LogP contribution in [0.5, 0.6) is 0 Å². The van der Waals surface area contributed by atoms with Crippen molar-refractivity contribution >= 4 is 39.7 Å². The molecule has 0 saturated carbocycles. The van der Waals surface area contributed by atoms with Crippen LogP contribution >= 0.6 is 23.7 Å². The summed E-state index contributed by atoms with van der Waals surface area (Å²) in [5.74, 6) is 0.145. The number of carbonyl (C=O) groups is 1. The summed E-state index contributed by atoms with van der Waals surface area (Å²) in [5, 5.41) is 1.15. The summed E-state index contributed by atoms with van der Waals surface area (Å²) in [6, 6.07) is 10.3. The number of likely N-dealkylation sites (tertiary alicyclic amines) is 1. The highest BCUT2D eigenvalue weighted by atomic mass is 35.5. The predicted octanol–water partition coefficient (Wildman–Crippen LogP) is 3.52. The van der Waals surface area contributed by atoms with Gasteiger partial charge < -0.3 is 10.6 Å². The number of carbonyl (C=O) groups excluding carboxylic acids is 1. The maximum atomic E-state index is 12.7. The van der Waals surface area contributed by atoms with Crippen LogP contribution in [-0.2, 0) is 0 Å². The van der Waals surface area contributed by atoms with Crippen molar-refractivity contribution in [2.45, 2.75) is 26.3 Å². The van der Waals surface area contributed by atoms with E-state index in [2.05, 4.69) is 26.0 Å². The molecule has 21 heavy (non-hydrogen) atoms. The zero-order valence-electron chi connectivity index (χ0n) is 12.3. The molecule has 2 N–H and O–H groups in total. The molecule has 0 aliphatic carbocycles. The lowest BCUT2D eigenvalue weighted by molar-refractivity contribution is 0.0537. The average molecular weight is 325 g/mol. The highest BCUT2D eigenvalue weighted by Crippen LogP contribution is 2.31. The van der Waals surface area contributed by atoms with Gasteiger partial charge in [0.15, 0.2) is 0 Å². The Bertz CT molecular complexity index is 620. The number of halogens is 1. The molecule has 3 rings (SSSR count). The first-order chi connectivity index (χ1) is 9.47. The average Bonchev–Trinajstić information content (AvgIpc) is 2.84. The van der Waals surface area contributed by atoms with Gasteiger partial charge in [-0.15, -0.1) is 23.7 Å². The van der Waals surface area contributed by atoms with Gasteiger partial charge in [0.2, 0.25) is 0 Å². The summed E-state index contributed by atoms with van der Waals surface area (Å²) in [6.45, 7) is 5.78. The molecule has 114 valence electrons. The van der Waals surface area contributed by atoms with Gasteiger partial charge in [-0.3, -0.25) is 4.79 Å². The Morgan fingerprint density at radius 3 is 2.76 bits per heavy atom. The number of nitrogens with two attached hydrogens (primary N) is 1. The molecule has 0 spiro atoms. The summed E-state index contributed by atoms with van der Waals surface area (Å²) >= 11 is 1.58. The fraction of sp³-hybridized carbons (Fsp3) is 0.438. The van der Waals surface area contributed by atoms with Crippen LogP contribution in [0.1, 0.15) is 29.9 Å². The van der Waals surface area contributed by atoms with E-state index >= 15 is 0 Å². The third-order valence-corrected chi connectivity index (χ3v) is 5.34. The number of hydrogen-bond acceptors (Lipinski definition) is 3. The standard InChI is InChI=1S/C16H20N2OS.ClH/c1-16(2)10-18(8-7-14(16)17)15(19)13-9-11-5-3-4-6-12(11)20-13;/h3-6,9,14H,7-8,10,17H2,1-2H3;1H. The molecule has 1 fully saturated rings. The summed E-state index contributed by atoms with van der Waals surface area (Å²) in [7, 11) is 0. The first-order valence-corrected chi connectivity index (χ1v) is 7.82. The van der Waals surface area contributed by atoms with Gasteiger partial charge in [0.25, 0.3) is 5.91 Å². The van der Waals surface area contributed by atoms with E-state index in [-0.39, 0.29) is 29.8 Å². The fourth-order valence-corrected chi connectivity index (χ4v) is 3.82. The first kappa shape index (κ1) is 16.3. The topological polar surface area (TPSA) is 46.3 Å². The van der Waals surface area contributed by atoms with Crippen molar-refractivity contribution < 1.29 is 4.79 Å². The largest absolute Gasteiger partial charge is 0.337 e. The Kier molecular flexibility index (Phi) is 4.61. The minimum Gasteiger partial charge on any atom is -0.337 e. The fourth-order valence-electron chi connectivity index (χ4n) is 2.79. The summed E-state index contributed by atoms with van der Waals surface area (Å²) in [5.41, 5.74) is 6.13. The highest BCUT2D eigenvalue weighted by molar-refractivity contribution is 7.20. The Hall–Kier alpha value is -1.10. The highest BCUT2D eigenvalue weighted by Gasteiger charge is 2.35. The number of piperidine rings is 1. The van der Waals surface area contributed by atoms with E-state index in [0.29, 0.717) is 0 Å². The summed E-state index contributed by atoms with van der Waals surface area (Å²) in [4.78, 5) is 15.4. The van der Waals surface area contributed by atoms with Crippen molar-refractivity contribution in [2.75, 3.05) is 13.1 Å². The van der Waals surface area contributed by atoms with Gasteiger partial charge in [-0.1, -0.05) is 32.0 Å². The van der Waals surface area contributed by atoms with E-state index in [4.69, 9.17) is 5.73 Å². The van der Waals surface area contributed by atoms with Crippen molar-refractivity contribution in [3.05, 3.63) is 35.2 Å². The molecule has 2 aromatic rings. The molecule has 0 bridgehead atoms. The van der Waals surface area contributed by atoms with Crippen molar-refractivity contribution in [3.63, 3.8) is 0 Å². The van der Waals surface area contributed by atoms with E-state index in [1.807, 2.05) is 23.1 Å². The number of benzene rings is 1. The van der Waals surface area contributed by atoms with Crippen LogP contribution in [0.3, 0.4) is 0 Å². The van der Waals surface area contributed by atoms with Gasteiger partial charge >= 0.3 is 0 Å². The van der Waals surface area contributed by atoms with Gasteiger partial charge in [0.05, 0.1) is 4.88 Å². The molecule has 2 heterocycles. The third-order valence-electron chi connectivity index (χ3n) is 4.24. The van der Waals surface area contributed by atoms with Crippen LogP contribution < -0.4 is 5.73 Å². The van der Waals surface area contributed by atoms with E-state index in [0.717, 1.165) is 29.8 Å². The normalized spacial score (nSPS) is 21.1. The zero-order chi connectivity index (χ0) is 14.3. The minimum atomic E-state index is -0.00933. The van der Waals surface area contributed by atoms with E-state index in [1.54, 1.807) is 11.3 Å². The first-order valence-electron chi connectivity index (χ1n) is 7.01. The molecule has 3 nitrogen and oxygen atoms in total. The van der Waals surface area contributed by atoms with Crippen LogP contribution in [-0.4, -0.2) is 29.9 Å². The second-order valence-electron chi connectivity index (χ2n) is 6.26. The number of rotatable bonds is 1. The number of amides is 1. The quantitative estimate of drug-likeness (QED) is 0.872. The molecule has 1 aliphatic rings. The van der Waals surface area contributed by atoms with Crippen LogP contribution in [0.2, 0.25) is 0 Å². The summed E-state index contributed by atoms with van der Waals surface area (Å²) in [6.07, 6.45) is 0.879. The lowest BCUT2D eigenvalue weighted by Crippen LogP contribution is -2.53. The smallest absolute Gasteiger partial charge is 0.263 e. The number of nitrogens with zero attached hydrogens (tertiary/aromatic N) is 1. The number of hydrogen-bond donors (Lipinski definition) is 1. The Labute approximate surface area is 135 Å². The predicted molar refractivity (Wildman–Crippen MR) is 91.3 cm³/mol. The van der Waals surface area contributed by atoms with Gasteiger partial charge in [-0.05, 0) is 29.4 Å². The minimum absolute atomic E-state index is 0. The monoisotopic (exact) mass is 324 g/mol. The molecule has 1 aromatic carbocycles. The Morgan fingerprint density at radius 1 is 1.38 bits per heavy atom. The molecule has 0 radical (unpaired) electrons. The van der Waals surface area contributed by atoms with Crippen molar-refractivity contribution in [2.24, 2.45) is 11.1 Å². The second-order valence-corrected chi connectivity index (χ2v) is 7.34. The lowest BCUT2D eigenvalue weighted by Gasteiger charge is -2.42. The third kappa shape index (κ3) is 3.07. The zero-order valence-corrected chi connectivity index (χ0v) is 14.0. The maximum absolute atomic E-state index is 12.7. The molecular weight excluding hydrogens is 304 g/mol. The van der Waals surface area contributed by atoms with Crippen molar-refractivity contribution in [1.82, 2.24) is 4.90 Å². The van der Waals surface area contributed by atoms with Crippen molar-refractivity contribution in [1.29, 1.82) is 0 Å². The van der Waals surface area contributed by atoms with Crippen LogP contribution in [0.4, 0.5) is 0 Å². The molecular formula is C16H21ClN2OS. The van der Waals surface area contributed by atoms with Gasteiger partial charge in [-0.25, -0.2) is 0 Å².